The lowest BCUT2D eigenvalue weighted by Crippen LogP contribution is -2.33. The molecule has 4 nitrogen and oxygen atoms in total. The molecule has 1 aromatic carbocycles. The van der Waals surface area contributed by atoms with Crippen molar-refractivity contribution >= 4 is 0 Å². The van der Waals surface area contributed by atoms with Crippen molar-refractivity contribution < 1.29 is 9.47 Å². The van der Waals surface area contributed by atoms with Crippen molar-refractivity contribution in [2.45, 2.75) is 6.92 Å². The molecule has 0 saturated carbocycles. The molecule has 0 aliphatic carbocycles. The highest BCUT2D eigenvalue weighted by atomic mass is 16.5. The predicted octanol–water partition coefficient (Wildman–Crippen LogP) is -0.310. The fraction of sp³-hybridized carbons (Fsp3) is 0.429. The number of rotatable bonds is 3. The topological polar surface area (TPSA) is 52.6 Å². The molecular formula is C7H8O4. The highest BCUT2D eigenvalue weighted by Crippen LogP contribution is 2.18. The van der Waals surface area contributed by atoms with Crippen LogP contribution in [-0.2, 0) is 0 Å². The molecule has 4 heteroatoms. The van der Waals surface area contributed by atoms with E-state index in [0.717, 1.165) is 0 Å². The summed E-state index contributed by atoms with van der Waals surface area (Å²) in [5, 5.41) is 0. The van der Waals surface area contributed by atoms with Gasteiger partial charge in [-0.3, -0.25) is 9.59 Å². The van der Waals surface area contributed by atoms with Crippen LogP contribution in [0.15, 0.2) is 9.59 Å². The highest BCUT2D eigenvalue weighted by Gasteiger charge is 2.22. The minimum Gasteiger partial charge on any atom is -0.489 e. The molecule has 0 bridgehead atoms. The van der Waals surface area contributed by atoms with E-state index in [-0.39, 0.29) is 11.5 Å². The van der Waals surface area contributed by atoms with Gasteiger partial charge in [-0.15, -0.1) is 0 Å². The Hall–Kier alpha value is -1.32. The summed E-state index contributed by atoms with van der Waals surface area (Å²) in [6.45, 7) is 2.09. The zero-order chi connectivity index (χ0) is 8.43. The van der Waals surface area contributed by atoms with Crippen LogP contribution in [0.3, 0.4) is 0 Å². The molecule has 0 aromatic heterocycles. The molecule has 0 radical (unpaired) electrons. The van der Waals surface area contributed by atoms with Crippen LogP contribution in [0.5, 0.6) is 11.5 Å². The van der Waals surface area contributed by atoms with E-state index in [4.69, 9.17) is 4.74 Å². The maximum absolute atomic E-state index is 10.7. The summed E-state index contributed by atoms with van der Waals surface area (Å²) in [5.41, 5.74) is -1.19. The lowest BCUT2D eigenvalue weighted by Gasteiger charge is -2.08. The molecule has 0 amide bonds. The first kappa shape index (κ1) is 7.78. The minimum absolute atomic E-state index is 0.0388. The molecule has 0 aliphatic rings. The summed E-state index contributed by atoms with van der Waals surface area (Å²) in [4.78, 5) is 21.4. The van der Waals surface area contributed by atoms with Crippen molar-refractivity contribution in [2.75, 3.05) is 13.7 Å². The van der Waals surface area contributed by atoms with Crippen LogP contribution in [0.2, 0.25) is 0 Å². The second-order valence-corrected chi connectivity index (χ2v) is 1.95. The lowest BCUT2D eigenvalue weighted by molar-refractivity contribution is 0.298. The SMILES string of the molecule is CCOc1c(OC)c(=O)c1=O. The Bertz CT molecular complexity index is 319. The average Bonchev–Trinajstić information content (AvgIpc) is 2.04. The van der Waals surface area contributed by atoms with Crippen LogP contribution in [0.4, 0.5) is 0 Å². The summed E-state index contributed by atoms with van der Waals surface area (Å²) in [7, 11) is 1.33. The van der Waals surface area contributed by atoms with E-state index in [9.17, 15) is 9.59 Å². The number of methoxy groups -OCH3 is 1. The largest absolute Gasteiger partial charge is 0.489 e. The number of ether oxygens (including phenoxy) is 2. The molecule has 0 fully saturated rings. The molecule has 0 aliphatic heterocycles. The van der Waals surface area contributed by atoms with Gasteiger partial charge in [-0.25, -0.2) is 0 Å². The summed E-state index contributed by atoms with van der Waals surface area (Å²) < 4.78 is 9.47. The molecule has 0 unspecified atom stereocenters. The van der Waals surface area contributed by atoms with Gasteiger partial charge < -0.3 is 9.47 Å². The maximum atomic E-state index is 10.7. The van der Waals surface area contributed by atoms with Gasteiger partial charge in [0.1, 0.15) is 0 Å². The Morgan fingerprint density at radius 2 is 1.73 bits per heavy atom. The molecule has 0 atom stereocenters. The van der Waals surface area contributed by atoms with E-state index < -0.39 is 10.9 Å². The van der Waals surface area contributed by atoms with Gasteiger partial charge in [-0.2, -0.15) is 0 Å². The van der Waals surface area contributed by atoms with Crippen molar-refractivity contribution in [1.82, 2.24) is 0 Å². The fourth-order valence-corrected chi connectivity index (χ4v) is 0.811. The molecule has 1 aromatic rings. The smallest absolute Gasteiger partial charge is 0.275 e. The van der Waals surface area contributed by atoms with Gasteiger partial charge in [0.05, 0.1) is 13.7 Å². The minimum atomic E-state index is -0.601. The summed E-state index contributed by atoms with van der Waals surface area (Å²) >= 11 is 0. The highest BCUT2D eigenvalue weighted by molar-refractivity contribution is 5.45. The quantitative estimate of drug-likeness (QED) is 0.563. The first-order valence-corrected chi connectivity index (χ1v) is 3.22. The Balaban J connectivity index is 2.98. The molecule has 11 heavy (non-hydrogen) atoms. The Kier molecular flexibility index (Phi) is 1.94. The van der Waals surface area contributed by atoms with Crippen LogP contribution in [0.1, 0.15) is 6.92 Å². The van der Waals surface area contributed by atoms with Crippen LogP contribution >= 0.6 is 0 Å². The number of hydrogen-bond donors (Lipinski definition) is 0. The van der Waals surface area contributed by atoms with Crippen LogP contribution < -0.4 is 20.3 Å². The zero-order valence-electron chi connectivity index (χ0n) is 6.34. The van der Waals surface area contributed by atoms with Crippen molar-refractivity contribution in [3.05, 3.63) is 20.4 Å². The van der Waals surface area contributed by atoms with Gasteiger partial charge in [0.15, 0.2) is 0 Å². The average molecular weight is 156 g/mol. The molecule has 60 valence electrons. The van der Waals surface area contributed by atoms with Gasteiger partial charge >= 0.3 is 0 Å². The summed E-state index contributed by atoms with van der Waals surface area (Å²) in [6.07, 6.45) is 0. The van der Waals surface area contributed by atoms with Crippen molar-refractivity contribution in [2.24, 2.45) is 0 Å². The van der Waals surface area contributed by atoms with E-state index in [0.29, 0.717) is 6.61 Å². The zero-order valence-corrected chi connectivity index (χ0v) is 6.34. The molecule has 1 rings (SSSR count). The fourth-order valence-electron chi connectivity index (χ4n) is 0.811. The van der Waals surface area contributed by atoms with Gasteiger partial charge in [0.25, 0.3) is 10.9 Å². The Morgan fingerprint density at radius 1 is 1.18 bits per heavy atom. The van der Waals surface area contributed by atoms with E-state index in [1.54, 1.807) is 6.92 Å². The van der Waals surface area contributed by atoms with Crippen molar-refractivity contribution in [1.29, 1.82) is 0 Å². The molecule has 0 spiro atoms. The standard InChI is InChI=1S/C7H8O4/c1-3-11-7-5(9)4(8)6(7)10-2/h3H2,1-2H3. The third-order valence-electron chi connectivity index (χ3n) is 1.32. The van der Waals surface area contributed by atoms with E-state index >= 15 is 0 Å². The third-order valence-corrected chi connectivity index (χ3v) is 1.32. The second kappa shape index (κ2) is 2.74. The normalized spacial score (nSPS) is 10.0. The van der Waals surface area contributed by atoms with E-state index in [1.165, 1.54) is 7.11 Å². The van der Waals surface area contributed by atoms with Gasteiger partial charge in [0, 0.05) is 0 Å². The monoisotopic (exact) mass is 156 g/mol. The first-order chi connectivity index (χ1) is 5.22. The molecule has 0 saturated heterocycles. The van der Waals surface area contributed by atoms with Gasteiger partial charge in [-0.05, 0) is 6.92 Å². The molecular weight excluding hydrogens is 148 g/mol. The Morgan fingerprint density at radius 3 is 2.18 bits per heavy atom. The second-order valence-electron chi connectivity index (χ2n) is 1.95. The lowest BCUT2D eigenvalue weighted by atomic mass is 10.2. The van der Waals surface area contributed by atoms with Crippen LogP contribution in [0.25, 0.3) is 0 Å². The van der Waals surface area contributed by atoms with E-state index in [2.05, 4.69) is 4.74 Å². The first-order valence-electron chi connectivity index (χ1n) is 3.22. The maximum Gasteiger partial charge on any atom is 0.275 e. The third kappa shape index (κ3) is 1.00. The summed E-state index contributed by atoms with van der Waals surface area (Å²) in [5.74, 6) is 0.0943. The van der Waals surface area contributed by atoms with Gasteiger partial charge in [-0.1, -0.05) is 0 Å². The molecule has 0 heterocycles. The predicted molar refractivity (Wildman–Crippen MR) is 39.1 cm³/mol. The summed E-state index contributed by atoms with van der Waals surface area (Å²) in [6, 6.07) is 0. The Labute approximate surface area is 63.1 Å². The van der Waals surface area contributed by atoms with Crippen molar-refractivity contribution in [3.63, 3.8) is 0 Å². The van der Waals surface area contributed by atoms with E-state index in [1.807, 2.05) is 0 Å². The molecule has 0 N–H and O–H groups in total. The number of hydrogen-bond acceptors (Lipinski definition) is 4. The van der Waals surface area contributed by atoms with Gasteiger partial charge in [0.2, 0.25) is 11.5 Å². The van der Waals surface area contributed by atoms with Crippen molar-refractivity contribution in [3.8, 4) is 11.5 Å². The van der Waals surface area contributed by atoms with Crippen LogP contribution in [0, 0.1) is 0 Å². The van der Waals surface area contributed by atoms with Crippen LogP contribution in [-0.4, -0.2) is 13.7 Å².